The molecule has 1 aromatic carbocycles. The van der Waals surface area contributed by atoms with E-state index in [2.05, 4.69) is 15.6 Å². The number of benzene rings is 1. The number of fused-ring (bicyclic) bond motifs is 3. The summed E-state index contributed by atoms with van der Waals surface area (Å²) in [6, 6.07) is 4.90. The average Bonchev–Trinajstić information content (AvgIpc) is 3.27. The monoisotopic (exact) mass is 372 g/mol. The normalized spacial score (nSPS) is 24.1. The third-order valence-electron chi connectivity index (χ3n) is 5.33. The topological polar surface area (TPSA) is 68.2 Å². The van der Waals surface area contributed by atoms with E-state index in [1.54, 1.807) is 18.3 Å². The minimum Gasteiger partial charge on any atom is -0.443 e. The third-order valence-corrected chi connectivity index (χ3v) is 5.33. The first-order valence-corrected chi connectivity index (χ1v) is 9.32. The van der Waals surface area contributed by atoms with Crippen molar-refractivity contribution in [3.05, 3.63) is 47.8 Å². The van der Waals surface area contributed by atoms with Gasteiger partial charge in [0.05, 0.1) is 11.5 Å². The number of halogens is 1. The van der Waals surface area contributed by atoms with Crippen LogP contribution in [-0.2, 0) is 16.3 Å². The highest BCUT2D eigenvalue weighted by atomic mass is 19.1. The lowest BCUT2D eigenvalue weighted by Crippen LogP contribution is -2.34. The van der Waals surface area contributed by atoms with Crippen LogP contribution < -0.4 is 10.6 Å². The van der Waals surface area contributed by atoms with Crippen LogP contribution >= 0.6 is 0 Å². The Kier molecular flexibility index (Phi) is 4.42. The number of imidazole rings is 1. The van der Waals surface area contributed by atoms with Gasteiger partial charge in [-0.1, -0.05) is 0 Å². The highest BCUT2D eigenvalue weighted by molar-refractivity contribution is 5.75. The highest BCUT2D eigenvalue weighted by Crippen LogP contribution is 2.46. The molecule has 2 aliphatic rings. The van der Waals surface area contributed by atoms with Crippen molar-refractivity contribution in [1.82, 2.24) is 14.9 Å². The Morgan fingerprint density at radius 2 is 2.19 bits per heavy atom. The quantitative estimate of drug-likeness (QED) is 0.809. The van der Waals surface area contributed by atoms with Gasteiger partial charge in [0.15, 0.2) is 6.73 Å². The van der Waals surface area contributed by atoms with E-state index < -0.39 is 5.41 Å². The molecule has 7 heteroatoms. The zero-order chi connectivity index (χ0) is 19.2. The van der Waals surface area contributed by atoms with Crippen molar-refractivity contribution in [2.75, 3.05) is 11.9 Å². The maximum Gasteiger partial charge on any atom is 0.312 e. The molecule has 1 fully saturated rings. The van der Waals surface area contributed by atoms with Crippen LogP contribution in [0.15, 0.2) is 30.6 Å². The summed E-state index contributed by atoms with van der Waals surface area (Å²) in [6.07, 6.45) is 4.51. The van der Waals surface area contributed by atoms with Crippen molar-refractivity contribution in [1.29, 1.82) is 0 Å². The predicted octanol–water partition coefficient (Wildman–Crippen LogP) is 3.39. The lowest BCUT2D eigenvalue weighted by molar-refractivity contribution is -0.157. The molecule has 1 aromatic heterocycles. The number of hydrogen-bond acceptors (Lipinski definition) is 5. The van der Waals surface area contributed by atoms with E-state index in [0.717, 1.165) is 30.0 Å². The van der Waals surface area contributed by atoms with Crippen LogP contribution in [0.5, 0.6) is 0 Å². The Balaban J connectivity index is 1.60. The summed E-state index contributed by atoms with van der Waals surface area (Å²) in [4.78, 5) is 16.6. The van der Waals surface area contributed by atoms with Crippen molar-refractivity contribution in [3.8, 4) is 0 Å². The van der Waals surface area contributed by atoms with Crippen molar-refractivity contribution in [2.24, 2.45) is 11.3 Å². The zero-order valence-corrected chi connectivity index (χ0v) is 15.8. The van der Waals surface area contributed by atoms with E-state index in [4.69, 9.17) is 4.74 Å². The number of nitrogens with zero attached hydrogens (tertiary/aromatic N) is 2. The van der Waals surface area contributed by atoms with Gasteiger partial charge in [-0.05, 0) is 57.5 Å². The molecule has 0 saturated carbocycles. The van der Waals surface area contributed by atoms with Gasteiger partial charge in [-0.3, -0.25) is 9.36 Å². The lowest BCUT2D eigenvalue weighted by Gasteiger charge is -2.36. The molecule has 3 atom stereocenters. The molecule has 2 N–H and O–H groups in total. The first-order valence-electron chi connectivity index (χ1n) is 9.32. The number of aromatic nitrogens is 2. The molecule has 0 amide bonds. The molecule has 0 aliphatic carbocycles. The van der Waals surface area contributed by atoms with Crippen molar-refractivity contribution in [3.63, 3.8) is 0 Å². The number of esters is 1. The molecule has 0 spiro atoms. The van der Waals surface area contributed by atoms with E-state index in [1.165, 1.54) is 6.07 Å². The summed E-state index contributed by atoms with van der Waals surface area (Å²) in [6.45, 7) is 6.50. The summed E-state index contributed by atoms with van der Waals surface area (Å²) in [5.74, 6) is 0.598. The number of carbonyl (C=O) groups is 1. The van der Waals surface area contributed by atoms with E-state index >= 15 is 0 Å². The van der Waals surface area contributed by atoms with Gasteiger partial charge >= 0.3 is 5.97 Å². The van der Waals surface area contributed by atoms with Gasteiger partial charge in [0.25, 0.3) is 0 Å². The standard InChI is InChI=1S/C20H25FN4O2/c1-20(2,3)19(26)27-11-25-9-8-23-18(25)17-13-6-7-22-16(13)14-10-12(21)4-5-15(14)24-17/h4-5,8-10,13,16-17,22,24H,6-7,11H2,1-3H3/t13-,16+,17?/m0/s1. The largest absolute Gasteiger partial charge is 0.443 e. The van der Waals surface area contributed by atoms with E-state index in [1.807, 2.05) is 31.5 Å². The van der Waals surface area contributed by atoms with Gasteiger partial charge in [0.2, 0.25) is 0 Å². The predicted molar refractivity (Wildman–Crippen MR) is 99.4 cm³/mol. The summed E-state index contributed by atoms with van der Waals surface area (Å²) < 4.78 is 21.1. The van der Waals surface area contributed by atoms with E-state index in [9.17, 15) is 9.18 Å². The van der Waals surface area contributed by atoms with Gasteiger partial charge in [-0.25, -0.2) is 9.37 Å². The smallest absolute Gasteiger partial charge is 0.312 e. The van der Waals surface area contributed by atoms with Gasteiger partial charge in [-0.2, -0.15) is 0 Å². The van der Waals surface area contributed by atoms with Gasteiger partial charge in [-0.15, -0.1) is 0 Å². The first-order chi connectivity index (χ1) is 12.8. The molecule has 2 aromatic rings. The summed E-state index contributed by atoms with van der Waals surface area (Å²) >= 11 is 0. The maximum atomic E-state index is 13.7. The van der Waals surface area contributed by atoms with E-state index in [0.29, 0.717) is 0 Å². The molecule has 6 nitrogen and oxygen atoms in total. The number of anilines is 1. The maximum absolute atomic E-state index is 13.7. The second-order valence-electron chi connectivity index (χ2n) is 8.30. The minimum absolute atomic E-state index is 0.0358. The third kappa shape index (κ3) is 3.32. The molecule has 1 unspecified atom stereocenters. The van der Waals surface area contributed by atoms with Crippen molar-refractivity contribution >= 4 is 11.7 Å². The van der Waals surface area contributed by atoms with Crippen LogP contribution in [0.25, 0.3) is 0 Å². The van der Waals surface area contributed by atoms with Crippen LogP contribution in [0.2, 0.25) is 0 Å². The Morgan fingerprint density at radius 3 is 2.96 bits per heavy atom. The van der Waals surface area contributed by atoms with Crippen LogP contribution in [0.4, 0.5) is 10.1 Å². The Bertz CT molecular complexity index is 858. The summed E-state index contributed by atoms with van der Waals surface area (Å²) in [7, 11) is 0. The van der Waals surface area contributed by atoms with Crippen LogP contribution in [0.3, 0.4) is 0 Å². The summed E-state index contributed by atoms with van der Waals surface area (Å²) in [5, 5.41) is 7.02. The fourth-order valence-electron chi connectivity index (χ4n) is 3.93. The number of nitrogens with one attached hydrogen (secondary N) is 2. The number of carbonyl (C=O) groups excluding carboxylic acids is 1. The van der Waals surface area contributed by atoms with Crippen LogP contribution in [0, 0.1) is 17.2 Å². The van der Waals surface area contributed by atoms with Gasteiger partial charge < -0.3 is 15.4 Å². The molecule has 0 radical (unpaired) electrons. The number of rotatable bonds is 3. The molecule has 3 heterocycles. The van der Waals surface area contributed by atoms with Crippen LogP contribution in [0.1, 0.15) is 50.7 Å². The molecule has 2 aliphatic heterocycles. The second kappa shape index (κ2) is 6.64. The molecular weight excluding hydrogens is 347 g/mol. The zero-order valence-electron chi connectivity index (χ0n) is 15.8. The molecule has 27 heavy (non-hydrogen) atoms. The fraction of sp³-hybridized carbons (Fsp3) is 0.500. The van der Waals surface area contributed by atoms with Gasteiger partial charge in [0, 0.05) is 30.0 Å². The first kappa shape index (κ1) is 18.0. The SMILES string of the molecule is CC(C)(C)C(=O)OCn1ccnc1C1Nc2ccc(F)cc2[C@@H]2NCC[C@H]12. The minimum atomic E-state index is -0.548. The number of hydrogen-bond donors (Lipinski definition) is 2. The molecule has 0 bridgehead atoms. The van der Waals surface area contributed by atoms with Crippen molar-refractivity contribution < 1.29 is 13.9 Å². The lowest BCUT2D eigenvalue weighted by atomic mass is 9.83. The van der Waals surface area contributed by atoms with Crippen LogP contribution in [-0.4, -0.2) is 22.1 Å². The Hall–Kier alpha value is -2.41. The average molecular weight is 372 g/mol. The van der Waals surface area contributed by atoms with E-state index in [-0.39, 0.29) is 36.5 Å². The van der Waals surface area contributed by atoms with Gasteiger partial charge in [0.1, 0.15) is 11.6 Å². The molecule has 1 saturated heterocycles. The fourth-order valence-corrected chi connectivity index (χ4v) is 3.93. The molecule has 144 valence electrons. The Labute approximate surface area is 158 Å². The van der Waals surface area contributed by atoms with Crippen molar-refractivity contribution in [2.45, 2.75) is 46.0 Å². The summed E-state index contributed by atoms with van der Waals surface area (Å²) in [5.41, 5.74) is 1.33. The Morgan fingerprint density at radius 1 is 1.37 bits per heavy atom. The highest BCUT2D eigenvalue weighted by Gasteiger charge is 2.42. The number of ether oxygens (including phenoxy) is 1. The second-order valence-corrected chi connectivity index (χ2v) is 8.30. The molecular formula is C20H25FN4O2. The molecule has 4 rings (SSSR count).